The number of aryl methyl sites for hydroxylation is 1. The fraction of sp³-hybridized carbons (Fsp3) is 0.182. The third-order valence-corrected chi connectivity index (χ3v) is 5.21. The molecule has 2 aromatic heterocycles. The Morgan fingerprint density at radius 1 is 1.50 bits per heavy atom. The van der Waals surface area contributed by atoms with Gasteiger partial charge in [0.15, 0.2) is 0 Å². The van der Waals surface area contributed by atoms with E-state index in [0.717, 1.165) is 17.4 Å². The second kappa shape index (κ2) is 5.65. The standard InChI is InChI=1S/C11H11N3O4S2/c1-7-12-3-2-9(14-7)5-13-20(17,18)10-4-8(6-19-10)11(15)16/h2-4,6,13H,5H2,1H3,(H,15,16). The number of rotatable bonds is 5. The molecule has 0 amide bonds. The molecule has 0 aliphatic carbocycles. The van der Waals surface area contributed by atoms with Crippen LogP contribution in [0.2, 0.25) is 0 Å². The highest BCUT2D eigenvalue weighted by Gasteiger charge is 2.18. The summed E-state index contributed by atoms with van der Waals surface area (Å²) in [6.45, 7) is 1.72. The summed E-state index contributed by atoms with van der Waals surface area (Å²) >= 11 is 0.859. The maximum absolute atomic E-state index is 12.0. The van der Waals surface area contributed by atoms with Gasteiger partial charge in [0.1, 0.15) is 10.0 Å². The molecule has 0 bridgehead atoms. The third kappa shape index (κ3) is 3.38. The van der Waals surface area contributed by atoms with Crippen LogP contribution in [0.3, 0.4) is 0 Å². The number of carbonyl (C=O) groups is 1. The van der Waals surface area contributed by atoms with E-state index in [2.05, 4.69) is 14.7 Å². The number of aromatic carboxylic acids is 1. The van der Waals surface area contributed by atoms with E-state index in [-0.39, 0.29) is 16.3 Å². The van der Waals surface area contributed by atoms with Gasteiger partial charge in [0.05, 0.1) is 17.8 Å². The number of aromatic nitrogens is 2. The van der Waals surface area contributed by atoms with Crippen LogP contribution < -0.4 is 4.72 Å². The van der Waals surface area contributed by atoms with Gasteiger partial charge in [-0.3, -0.25) is 0 Å². The highest BCUT2D eigenvalue weighted by molar-refractivity contribution is 7.91. The molecule has 2 heterocycles. The Morgan fingerprint density at radius 3 is 2.85 bits per heavy atom. The van der Waals surface area contributed by atoms with Crippen molar-refractivity contribution in [3.8, 4) is 0 Å². The lowest BCUT2D eigenvalue weighted by Crippen LogP contribution is -2.23. The molecule has 0 aliphatic heterocycles. The molecule has 0 radical (unpaired) electrons. The van der Waals surface area contributed by atoms with Gasteiger partial charge in [-0.05, 0) is 19.1 Å². The Kier molecular flexibility index (Phi) is 4.12. The normalized spacial score (nSPS) is 11.4. The average molecular weight is 313 g/mol. The lowest BCUT2D eigenvalue weighted by atomic mass is 10.4. The van der Waals surface area contributed by atoms with Crippen molar-refractivity contribution in [1.82, 2.24) is 14.7 Å². The number of nitrogens with one attached hydrogen (secondary N) is 1. The van der Waals surface area contributed by atoms with E-state index < -0.39 is 16.0 Å². The van der Waals surface area contributed by atoms with E-state index in [4.69, 9.17) is 5.11 Å². The molecule has 9 heteroatoms. The van der Waals surface area contributed by atoms with Crippen molar-refractivity contribution in [3.63, 3.8) is 0 Å². The van der Waals surface area contributed by atoms with Crippen LogP contribution in [-0.4, -0.2) is 29.5 Å². The maximum atomic E-state index is 12.0. The summed E-state index contributed by atoms with van der Waals surface area (Å²) in [4.78, 5) is 18.7. The first kappa shape index (κ1) is 14.6. The van der Waals surface area contributed by atoms with Crippen molar-refractivity contribution in [2.45, 2.75) is 17.7 Å². The maximum Gasteiger partial charge on any atom is 0.336 e. The van der Waals surface area contributed by atoms with E-state index in [9.17, 15) is 13.2 Å². The van der Waals surface area contributed by atoms with Crippen LogP contribution in [0.15, 0.2) is 27.9 Å². The Labute approximate surface area is 119 Å². The highest BCUT2D eigenvalue weighted by atomic mass is 32.2. The predicted octanol–water partition coefficient (Wildman–Crippen LogP) is 1.02. The zero-order chi connectivity index (χ0) is 14.8. The molecule has 20 heavy (non-hydrogen) atoms. The topological polar surface area (TPSA) is 109 Å². The van der Waals surface area contributed by atoms with Crippen molar-refractivity contribution in [1.29, 1.82) is 0 Å². The highest BCUT2D eigenvalue weighted by Crippen LogP contribution is 2.20. The van der Waals surface area contributed by atoms with E-state index in [1.54, 1.807) is 19.2 Å². The molecule has 106 valence electrons. The Hall–Kier alpha value is -1.84. The molecule has 0 aromatic carbocycles. The van der Waals surface area contributed by atoms with Crippen molar-refractivity contribution >= 4 is 27.3 Å². The Bertz CT molecular complexity index is 740. The monoisotopic (exact) mass is 313 g/mol. The minimum absolute atomic E-state index is 0.0198. The number of hydrogen-bond donors (Lipinski definition) is 2. The molecule has 0 atom stereocenters. The van der Waals surface area contributed by atoms with Crippen LogP contribution in [0, 0.1) is 6.92 Å². The number of nitrogens with zero attached hydrogens (tertiary/aromatic N) is 2. The number of thiophene rings is 1. The van der Waals surface area contributed by atoms with E-state index >= 15 is 0 Å². The molecular weight excluding hydrogens is 302 g/mol. The molecular formula is C11H11N3O4S2. The Morgan fingerprint density at radius 2 is 2.25 bits per heavy atom. The molecule has 0 spiro atoms. The van der Waals surface area contributed by atoms with Crippen LogP contribution in [0.4, 0.5) is 0 Å². The molecule has 0 unspecified atom stereocenters. The summed E-state index contributed by atoms with van der Waals surface area (Å²) in [5.41, 5.74) is 0.490. The number of carboxylic acid groups (broad SMARTS) is 1. The first-order valence-corrected chi connectivity index (χ1v) is 7.85. The first-order valence-electron chi connectivity index (χ1n) is 5.48. The predicted molar refractivity (Wildman–Crippen MR) is 72.1 cm³/mol. The zero-order valence-electron chi connectivity index (χ0n) is 10.4. The minimum Gasteiger partial charge on any atom is -0.478 e. The Balaban J connectivity index is 2.12. The number of hydrogen-bond acceptors (Lipinski definition) is 6. The molecule has 7 nitrogen and oxygen atoms in total. The van der Waals surface area contributed by atoms with Gasteiger partial charge in [0.25, 0.3) is 0 Å². The SMILES string of the molecule is Cc1nccc(CNS(=O)(=O)c2cc(C(=O)O)cs2)n1. The average Bonchev–Trinajstić information content (AvgIpc) is 2.87. The van der Waals surface area contributed by atoms with Crippen LogP contribution in [0.5, 0.6) is 0 Å². The van der Waals surface area contributed by atoms with Gasteiger partial charge in [-0.2, -0.15) is 0 Å². The van der Waals surface area contributed by atoms with Gasteiger partial charge >= 0.3 is 5.97 Å². The van der Waals surface area contributed by atoms with Gasteiger partial charge in [-0.1, -0.05) is 0 Å². The van der Waals surface area contributed by atoms with Gasteiger partial charge in [0.2, 0.25) is 10.0 Å². The van der Waals surface area contributed by atoms with E-state index in [0.29, 0.717) is 11.5 Å². The smallest absolute Gasteiger partial charge is 0.336 e. The van der Waals surface area contributed by atoms with Crippen LogP contribution >= 0.6 is 11.3 Å². The van der Waals surface area contributed by atoms with Gasteiger partial charge in [-0.25, -0.2) is 27.9 Å². The summed E-state index contributed by atoms with van der Waals surface area (Å²) in [6.07, 6.45) is 1.54. The van der Waals surface area contributed by atoms with Crippen LogP contribution in [0.1, 0.15) is 21.9 Å². The summed E-state index contributed by atoms with van der Waals surface area (Å²) in [6, 6.07) is 2.73. The molecule has 0 saturated carbocycles. The molecule has 0 fully saturated rings. The van der Waals surface area contributed by atoms with Crippen molar-refractivity contribution < 1.29 is 18.3 Å². The molecule has 0 saturated heterocycles. The third-order valence-electron chi connectivity index (χ3n) is 2.36. The second-order valence-electron chi connectivity index (χ2n) is 3.88. The van der Waals surface area contributed by atoms with Crippen LogP contribution in [-0.2, 0) is 16.6 Å². The lowest BCUT2D eigenvalue weighted by Gasteiger charge is -2.04. The fourth-order valence-corrected chi connectivity index (χ4v) is 3.61. The summed E-state index contributed by atoms with van der Waals surface area (Å²) in [5.74, 6) is -0.611. The lowest BCUT2D eigenvalue weighted by molar-refractivity contribution is 0.0697. The van der Waals surface area contributed by atoms with Gasteiger partial charge < -0.3 is 5.11 Å². The number of sulfonamides is 1. The second-order valence-corrected chi connectivity index (χ2v) is 6.78. The first-order chi connectivity index (χ1) is 9.38. The summed E-state index contributed by atoms with van der Waals surface area (Å²) in [7, 11) is -3.74. The molecule has 2 N–H and O–H groups in total. The molecule has 2 aromatic rings. The van der Waals surface area contributed by atoms with Gasteiger partial charge in [0, 0.05) is 11.6 Å². The van der Waals surface area contributed by atoms with Crippen LogP contribution in [0.25, 0.3) is 0 Å². The summed E-state index contributed by atoms with van der Waals surface area (Å²) < 4.78 is 26.3. The van der Waals surface area contributed by atoms with Crippen molar-refractivity contribution in [3.05, 3.63) is 40.8 Å². The molecule has 2 rings (SSSR count). The minimum atomic E-state index is -3.74. The fourth-order valence-electron chi connectivity index (χ4n) is 1.41. The number of carboxylic acids is 1. The van der Waals surface area contributed by atoms with Crippen molar-refractivity contribution in [2.75, 3.05) is 0 Å². The van der Waals surface area contributed by atoms with E-state index in [1.807, 2.05) is 0 Å². The van der Waals surface area contributed by atoms with E-state index in [1.165, 1.54) is 5.38 Å². The largest absolute Gasteiger partial charge is 0.478 e. The van der Waals surface area contributed by atoms with Crippen molar-refractivity contribution in [2.24, 2.45) is 0 Å². The summed E-state index contributed by atoms with van der Waals surface area (Å²) in [5, 5.41) is 10.1. The quantitative estimate of drug-likeness (QED) is 0.853. The molecule has 0 aliphatic rings. The zero-order valence-corrected chi connectivity index (χ0v) is 12.0. The van der Waals surface area contributed by atoms with Gasteiger partial charge in [-0.15, -0.1) is 11.3 Å².